The summed E-state index contributed by atoms with van der Waals surface area (Å²) in [7, 11) is 1.90. The standard InChI is InChI=1S/C20H34N4O2S.2ClH/c1-14(2)19-22-17(13-27-19)12-23(3)20(25)15-4-5-16(21)11-24(10-15)18-6-8-26-9-7-18;;/h13-16,18H,4-12,21H2,1-3H3;2*1H/t15-,16+;;/m1../s1. The Hall–Kier alpha value is -0.440. The number of carbonyl (C=O) groups is 1. The van der Waals surface area contributed by atoms with Crippen LogP contribution >= 0.6 is 36.2 Å². The summed E-state index contributed by atoms with van der Waals surface area (Å²) in [6.07, 6.45) is 3.87. The van der Waals surface area contributed by atoms with Gasteiger partial charge in [0.05, 0.1) is 23.2 Å². The Labute approximate surface area is 191 Å². The van der Waals surface area contributed by atoms with Crippen molar-refractivity contribution in [3.05, 3.63) is 16.1 Å². The van der Waals surface area contributed by atoms with Gasteiger partial charge in [0, 0.05) is 56.7 Å². The lowest BCUT2D eigenvalue weighted by Gasteiger charge is -2.36. The summed E-state index contributed by atoms with van der Waals surface area (Å²) in [6, 6.07) is 0.652. The van der Waals surface area contributed by atoms with Gasteiger partial charge in [0.2, 0.25) is 5.91 Å². The monoisotopic (exact) mass is 466 g/mol. The van der Waals surface area contributed by atoms with Crippen LogP contribution in [0.5, 0.6) is 0 Å². The van der Waals surface area contributed by atoms with E-state index in [9.17, 15) is 4.79 Å². The third kappa shape index (κ3) is 7.33. The molecule has 0 aromatic carbocycles. The number of hydrogen-bond donors (Lipinski definition) is 1. The Balaban J connectivity index is 0.00000210. The second-order valence-electron chi connectivity index (χ2n) is 8.36. The molecular formula is C20H36Cl2N4O2S. The highest BCUT2D eigenvalue weighted by Gasteiger charge is 2.32. The van der Waals surface area contributed by atoms with Gasteiger partial charge < -0.3 is 15.4 Å². The van der Waals surface area contributed by atoms with E-state index < -0.39 is 0 Å². The van der Waals surface area contributed by atoms with Crippen LogP contribution in [0.25, 0.3) is 0 Å². The zero-order valence-electron chi connectivity index (χ0n) is 17.7. The minimum atomic E-state index is 0. The van der Waals surface area contributed by atoms with Gasteiger partial charge in [0.25, 0.3) is 0 Å². The summed E-state index contributed by atoms with van der Waals surface area (Å²) >= 11 is 1.68. The minimum Gasteiger partial charge on any atom is -0.381 e. The van der Waals surface area contributed by atoms with Crippen LogP contribution in [0.3, 0.4) is 0 Å². The van der Waals surface area contributed by atoms with Crippen LogP contribution in [-0.4, -0.2) is 66.1 Å². The molecule has 29 heavy (non-hydrogen) atoms. The van der Waals surface area contributed by atoms with Crippen molar-refractivity contribution < 1.29 is 9.53 Å². The van der Waals surface area contributed by atoms with Crippen LogP contribution in [0.15, 0.2) is 5.38 Å². The summed E-state index contributed by atoms with van der Waals surface area (Å²) in [5.41, 5.74) is 7.31. The smallest absolute Gasteiger partial charge is 0.227 e. The predicted octanol–water partition coefficient (Wildman–Crippen LogP) is 3.29. The van der Waals surface area contributed by atoms with Gasteiger partial charge in [-0.1, -0.05) is 13.8 Å². The quantitative estimate of drug-likeness (QED) is 0.720. The van der Waals surface area contributed by atoms with Crippen molar-refractivity contribution in [2.45, 2.75) is 64.1 Å². The molecule has 0 aliphatic carbocycles. The first-order chi connectivity index (χ1) is 12.9. The Kier molecular flexibility index (Phi) is 11.4. The van der Waals surface area contributed by atoms with Crippen molar-refractivity contribution in [3.8, 4) is 0 Å². The van der Waals surface area contributed by atoms with Gasteiger partial charge in [0.1, 0.15) is 0 Å². The average molecular weight is 468 g/mol. The molecule has 0 unspecified atom stereocenters. The summed E-state index contributed by atoms with van der Waals surface area (Å²) in [4.78, 5) is 22.1. The summed E-state index contributed by atoms with van der Waals surface area (Å²) in [5, 5.41) is 3.22. The van der Waals surface area contributed by atoms with Crippen molar-refractivity contribution in [1.82, 2.24) is 14.8 Å². The zero-order chi connectivity index (χ0) is 19.4. The van der Waals surface area contributed by atoms with Gasteiger partial charge in [-0.25, -0.2) is 4.98 Å². The van der Waals surface area contributed by atoms with E-state index in [0.29, 0.717) is 18.5 Å². The fourth-order valence-electron chi connectivity index (χ4n) is 4.10. The number of nitrogens with two attached hydrogens (primary N) is 1. The largest absolute Gasteiger partial charge is 0.381 e. The highest BCUT2D eigenvalue weighted by atomic mass is 35.5. The molecule has 168 valence electrons. The first-order valence-corrected chi connectivity index (χ1v) is 11.1. The minimum absolute atomic E-state index is 0. The molecule has 1 aromatic rings. The van der Waals surface area contributed by atoms with E-state index in [-0.39, 0.29) is 42.7 Å². The lowest BCUT2D eigenvalue weighted by molar-refractivity contribution is -0.135. The molecule has 9 heteroatoms. The number of thiazole rings is 1. The molecule has 2 N–H and O–H groups in total. The molecule has 2 saturated heterocycles. The molecule has 1 amide bonds. The number of carbonyl (C=O) groups excluding carboxylic acids is 1. The Bertz CT molecular complexity index is 625. The van der Waals surface area contributed by atoms with Crippen molar-refractivity contribution >= 4 is 42.1 Å². The molecule has 2 atom stereocenters. The third-order valence-corrected chi connectivity index (χ3v) is 6.90. The third-order valence-electron chi connectivity index (χ3n) is 5.71. The first-order valence-electron chi connectivity index (χ1n) is 10.2. The zero-order valence-corrected chi connectivity index (χ0v) is 20.2. The summed E-state index contributed by atoms with van der Waals surface area (Å²) < 4.78 is 5.51. The SMILES string of the molecule is CC(C)c1nc(CN(C)C(=O)[C@@H]2CC[C@H](N)CN(C3CCOCC3)C2)cs1.Cl.Cl. The molecule has 2 fully saturated rings. The molecule has 0 radical (unpaired) electrons. The van der Waals surface area contributed by atoms with Crippen LogP contribution < -0.4 is 5.73 Å². The van der Waals surface area contributed by atoms with Crippen LogP contribution in [0.2, 0.25) is 0 Å². The predicted molar refractivity (Wildman–Crippen MR) is 123 cm³/mol. The summed E-state index contributed by atoms with van der Waals surface area (Å²) in [5.74, 6) is 0.677. The number of ether oxygens (including phenoxy) is 1. The number of likely N-dealkylation sites (tertiary alicyclic amines) is 1. The fraction of sp³-hybridized carbons (Fsp3) is 0.800. The van der Waals surface area contributed by atoms with Crippen molar-refractivity contribution in [2.24, 2.45) is 11.7 Å². The molecule has 2 aliphatic rings. The molecule has 3 rings (SSSR count). The topological polar surface area (TPSA) is 71.7 Å². The molecule has 0 saturated carbocycles. The maximum Gasteiger partial charge on any atom is 0.227 e. The molecule has 0 spiro atoms. The highest BCUT2D eigenvalue weighted by Crippen LogP contribution is 2.25. The normalized spacial score (nSPS) is 23.8. The first kappa shape index (κ1) is 26.6. The van der Waals surface area contributed by atoms with Crippen LogP contribution in [0.4, 0.5) is 0 Å². The van der Waals surface area contributed by atoms with E-state index in [0.717, 1.165) is 62.7 Å². The molecule has 2 aliphatic heterocycles. The van der Waals surface area contributed by atoms with Gasteiger partial charge >= 0.3 is 0 Å². The molecule has 0 bridgehead atoms. The van der Waals surface area contributed by atoms with Crippen LogP contribution in [0, 0.1) is 5.92 Å². The maximum absolute atomic E-state index is 13.1. The lowest BCUT2D eigenvalue weighted by Crippen LogP contribution is -2.47. The number of nitrogens with zero attached hydrogens (tertiary/aromatic N) is 3. The van der Waals surface area contributed by atoms with E-state index in [1.165, 1.54) is 0 Å². The van der Waals surface area contributed by atoms with E-state index in [1.54, 1.807) is 11.3 Å². The number of hydrogen-bond acceptors (Lipinski definition) is 6. The highest BCUT2D eigenvalue weighted by molar-refractivity contribution is 7.09. The number of rotatable bonds is 5. The van der Waals surface area contributed by atoms with Crippen LogP contribution in [0.1, 0.15) is 56.2 Å². The van der Waals surface area contributed by atoms with Gasteiger partial charge in [-0.2, -0.15) is 0 Å². The van der Waals surface area contributed by atoms with Crippen LogP contribution in [-0.2, 0) is 16.1 Å². The number of aromatic nitrogens is 1. The Morgan fingerprint density at radius 1 is 1.28 bits per heavy atom. The second kappa shape index (κ2) is 12.4. The van der Waals surface area contributed by atoms with E-state index >= 15 is 0 Å². The average Bonchev–Trinajstić information content (AvgIpc) is 3.04. The van der Waals surface area contributed by atoms with Gasteiger partial charge in [-0.15, -0.1) is 36.2 Å². The fourth-order valence-corrected chi connectivity index (χ4v) is 4.93. The summed E-state index contributed by atoms with van der Waals surface area (Å²) in [6.45, 7) is 8.22. The van der Waals surface area contributed by atoms with E-state index in [4.69, 9.17) is 10.5 Å². The molecule has 1 aromatic heterocycles. The van der Waals surface area contributed by atoms with Crippen molar-refractivity contribution in [3.63, 3.8) is 0 Å². The Morgan fingerprint density at radius 2 is 1.97 bits per heavy atom. The van der Waals surface area contributed by atoms with Crippen molar-refractivity contribution in [1.29, 1.82) is 0 Å². The second-order valence-corrected chi connectivity index (χ2v) is 9.25. The van der Waals surface area contributed by atoms with Gasteiger partial charge in [-0.3, -0.25) is 9.69 Å². The van der Waals surface area contributed by atoms with E-state index in [2.05, 4.69) is 29.1 Å². The number of halogens is 2. The van der Waals surface area contributed by atoms with E-state index in [1.807, 2.05) is 11.9 Å². The lowest BCUT2D eigenvalue weighted by atomic mass is 10.00. The van der Waals surface area contributed by atoms with Gasteiger partial charge in [0.15, 0.2) is 0 Å². The number of amides is 1. The maximum atomic E-state index is 13.1. The molecule has 3 heterocycles. The Morgan fingerprint density at radius 3 is 2.59 bits per heavy atom. The molecular weight excluding hydrogens is 431 g/mol. The van der Waals surface area contributed by atoms with Gasteiger partial charge in [-0.05, 0) is 25.7 Å². The molecule has 6 nitrogen and oxygen atoms in total. The van der Waals surface area contributed by atoms with Crippen molar-refractivity contribution in [2.75, 3.05) is 33.4 Å².